The Balaban J connectivity index is 2.34. The Morgan fingerprint density at radius 3 is 2.68 bits per heavy atom. The first-order valence-electron chi connectivity index (χ1n) is 6.07. The van der Waals surface area contributed by atoms with Gasteiger partial charge in [-0.25, -0.2) is 5.84 Å². The molecule has 0 fully saturated rings. The van der Waals surface area contributed by atoms with Crippen LogP contribution in [0, 0.1) is 0 Å². The van der Waals surface area contributed by atoms with Gasteiger partial charge in [0.05, 0.1) is 11.2 Å². The van der Waals surface area contributed by atoms with Crippen molar-refractivity contribution in [2.24, 2.45) is 11.6 Å². The van der Waals surface area contributed by atoms with E-state index in [9.17, 15) is 0 Å². The van der Waals surface area contributed by atoms with Gasteiger partial charge >= 0.3 is 0 Å². The summed E-state index contributed by atoms with van der Waals surface area (Å²) >= 11 is 4.89. The Bertz CT molecular complexity index is 590. The lowest BCUT2D eigenvalue weighted by atomic mass is 10.2. The molecule has 0 aliphatic heterocycles. The Hall–Kier alpha value is -1.63. The first kappa shape index (κ1) is 13.8. The fraction of sp³-hybridized carbons (Fsp3) is 0.308. The summed E-state index contributed by atoms with van der Waals surface area (Å²) in [5.41, 5.74) is 7.47. The second-order valence-corrected chi connectivity index (χ2v) is 5.18. The van der Waals surface area contributed by atoms with E-state index in [2.05, 4.69) is 35.8 Å². The maximum absolute atomic E-state index is 5.82. The molecule has 0 bridgehead atoms. The molecule has 0 aliphatic rings. The third-order valence-electron chi connectivity index (χ3n) is 3.06. The summed E-state index contributed by atoms with van der Waals surface area (Å²) in [5.74, 6) is 5.82. The van der Waals surface area contributed by atoms with Gasteiger partial charge in [0.2, 0.25) is 0 Å². The van der Waals surface area contributed by atoms with Crippen molar-refractivity contribution >= 4 is 33.9 Å². The molecule has 2 rings (SSSR count). The minimum absolute atomic E-state index is 0.158. The quantitative estimate of drug-likeness (QED) is 0.498. The smallest absolute Gasteiger partial charge is 0.185 e. The van der Waals surface area contributed by atoms with E-state index in [-0.39, 0.29) is 5.11 Å². The van der Waals surface area contributed by atoms with E-state index in [4.69, 9.17) is 23.8 Å². The molecular formula is C13H19N5S. The zero-order chi connectivity index (χ0) is 14.0. The Morgan fingerprint density at radius 1 is 1.32 bits per heavy atom. The minimum atomic E-state index is 0.158. The third-order valence-corrected chi connectivity index (χ3v) is 3.26. The maximum atomic E-state index is 5.82. The SMILES string of the molecule is CN(C)CCn1ccc2ccc(N(N)C(N)=S)cc21. The van der Waals surface area contributed by atoms with Crippen LogP contribution in [0.1, 0.15) is 0 Å². The van der Waals surface area contributed by atoms with Crippen LogP contribution in [0.2, 0.25) is 0 Å². The zero-order valence-electron chi connectivity index (χ0n) is 11.2. The fourth-order valence-corrected chi connectivity index (χ4v) is 2.06. The van der Waals surface area contributed by atoms with Crippen LogP contribution in [-0.4, -0.2) is 35.2 Å². The molecule has 1 aromatic carbocycles. The summed E-state index contributed by atoms with van der Waals surface area (Å²) in [7, 11) is 4.12. The van der Waals surface area contributed by atoms with Crippen LogP contribution in [0.15, 0.2) is 30.5 Å². The van der Waals surface area contributed by atoms with Crippen LogP contribution in [0.4, 0.5) is 5.69 Å². The molecule has 1 aromatic heterocycles. The van der Waals surface area contributed by atoms with Crippen LogP contribution in [-0.2, 0) is 6.54 Å². The summed E-state index contributed by atoms with van der Waals surface area (Å²) in [6.07, 6.45) is 2.08. The number of nitrogens with two attached hydrogens (primary N) is 2. The van der Waals surface area contributed by atoms with Crippen molar-refractivity contribution in [3.63, 3.8) is 0 Å². The molecule has 0 radical (unpaired) electrons. The molecule has 2 aromatic rings. The van der Waals surface area contributed by atoms with E-state index in [0.717, 1.165) is 24.3 Å². The predicted octanol–water partition coefficient (Wildman–Crippen LogP) is 1.13. The van der Waals surface area contributed by atoms with Gasteiger partial charge in [-0.3, -0.25) is 5.01 Å². The van der Waals surface area contributed by atoms with Gasteiger partial charge in [-0.1, -0.05) is 6.07 Å². The van der Waals surface area contributed by atoms with E-state index in [1.54, 1.807) is 0 Å². The number of nitrogens with zero attached hydrogens (tertiary/aromatic N) is 3. The summed E-state index contributed by atoms with van der Waals surface area (Å²) in [5, 5.41) is 2.66. The van der Waals surface area contributed by atoms with Crippen molar-refractivity contribution in [3.8, 4) is 0 Å². The van der Waals surface area contributed by atoms with E-state index >= 15 is 0 Å². The highest BCUT2D eigenvalue weighted by Gasteiger charge is 2.07. The van der Waals surface area contributed by atoms with Gasteiger partial charge in [0.25, 0.3) is 0 Å². The molecule has 1 heterocycles. The van der Waals surface area contributed by atoms with Crippen molar-refractivity contribution in [3.05, 3.63) is 30.5 Å². The number of benzene rings is 1. The monoisotopic (exact) mass is 277 g/mol. The lowest BCUT2D eigenvalue weighted by molar-refractivity contribution is 0.387. The summed E-state index contributed by atoms with van der Waals surface area (Å²) in [4.78, 5) is 2.15. The minimum Gasteiger partial charge on any atom is -0.375 e. The lowest BCUT2D eigenvalue weighted by Gasteiger charge is -2.17. The van der Waals surface area contributed by atoms with Gasteiger partial charge < -0.3 is 15.2 Å². The standard InChI is InChI=1S/C13H19N5S/c1-16(2)7-8-17-6-5-10-3-4-11(9-12(10)17)18(15)13(14)19/h3-6,9H,7-8,15H2,1-2H3,(H2,14,19). The Labute approximate surface area is 118 Å². The van der Waals surface area contributed by atoms with E-state index in [0.29, 0.717) is 0 Å². The molecule has 5 nitrogen and oxygen atoms in total. The van der Waals surface area contributed by atoms with E-state index < -0.39 is 0 Å². The molecule has 0 amide bonds. The molecule has 6 heteroatoms. The summed E-state index contributed by atoms with van der Waals surface area (Å²) in [6, 6.07) is 8.04. The van der Waals surface area contributed by atoms with Crippen molar-refractivity contribution in [2.75, 3.05) is 25.6 Å². The Kier molecular flexibility index (Phi) is 4.04. The lowest BCUT2D eigenvalue weighted by Crippen LogP contribution is -2.41. The molecule has 0 aliphatic carbocycles. The van der Waals surface area contributed by atoms with Gasteiger partial charge in [0.15, 0.2) is 5.11 Å². The van der Waals surface area contributed by atoms with Crippen molar-refractivity contribution in [1.82, 2.24) is 9.47 Å². The molecular weight excluding hydrogens is 258 g/mol. The molecule has 0 saturated heterocycles. The normalized spacial score (nSPS) is 11.2. The number of anilines is 1. The molecule has 4 N–H and O–H groups in total. The molecule has 0 spiro atoms. The molecule has 0 saturated carbocycles. The van der Waals surface area contributed by atoms with Gasteiger partial charge in [-0.15, -0.1) is 0 Å². The highest BCUT2D eigenvalue weighted by molar-refractivity contribution is 7.80. The number of rotatable bonds is 4. The highest BCUT2D eigenvalue weighted by Crippen LogP contribution is 2.22. The Morgan fingerprint density at radius 2 is 2.05 bits per heavy atom. The van der Waals surface area contributed by atoms with Crippen molar-refractivity contribution in [1.29, 1.82) is 0 Å². The molecule has 0 unspecified atom stereocenters. The van der Waals surface area contributed by atoms with Crippen molar-refractivity contribution in [2.45, 2.75) is 6.54 Å². The average Bonchev–Trinajstić information content (AvgIpc) is 2.77. The zero-order valence-corrected chi connectivity index (χ0v) is 12.0. The number of thiocarbonyl (C=S) groups is 1. The summed E-state index contributed by atoms with van der Waals surface area (Å²) < 4.78 is 2.20. The van der Waals surface area contributed by atoms with Crippen molar-refractivity contribution < 1.29 is 0 Å². The van der Waals surface area contributed by atoms with E-state index in [1.165, 1.54) is 10.4 Å². The molecule has 0 atom stereocenters. The number of aromatic nitrogens is 1. The van der Waals surface area contributed by atoms with Crippen LogP contribution in [0.25, 0.3) is 10.9 Å². The summed E-state index contributed by atoms with van der Waals surface area (Å²) in [6.45, 7) is 1.91. The second-order valence-electron chi connectivity index (χ2n) is 4.76. The van der Waals surface area contributed by atoms with Gasteiger partial charge in [-0.05, 0) is 49.9 Å². The number of hydrogen-bond donors (Lipinski definition) is 2. The maximum Gasteiger partial charge on any atom is 0.185 e. The molecule has 102 valence electrons. The van der Waals surface area contributed by atoms with E-state index in [1.807, 2.05) is 18.2 Å². The van der Waals surface area contributed by atoms with Gasteiger partial charge in [0.1, 0.15) is 0 Å². The van der Waals surface area contributed by atoms with Gasteiger partial charge in [0, 0.05) is 19.3 Å². The van der Waals surface area contributed by atoms with Crippen LogP contribution >= 0.6 is 12.2 Å². The second kappa shape index (κ2) is 5.56. The predicted molar refractivity (Wildman–Crippen MR) is 83.9 cm³/mol. The van der Waals surface area contributed by atoms with Crippen LogP contribution < -0.4 is 16.6 Å². The number of hydrogen-bond acceptors (Lipinski definition) is 3. The van der Waals surface area contributed by atoms with Gasteiger partial charge in [-0.2, -0.15) is 0 Å². The average molecular weight is 277 g/mol. The third kappa shape index (κ3) is 3.04. The first-order valence-corrected chi connectivity index (χ1v) is 6.48. The molecule has 19 heavy (non-hydrogen) atoms. The number of likely N-dealkylation sites (N-methyl/N-ethyl adjacent to an activating group) is 1. The number of fused-ring (bicyclic) bond motifs is 1. The topological polar surface area (TPSA) is 63.5 Å². The van der Waals surface area contributed by atoms with Crippen LogP contribution in [0.5, 0.6) is 0 Å². The fourth-order valence-electron chi connectivity index (χ4n) is 1.95. The number of hydrazine groups is 1. The van der Waals surface area contributed by atoms with Crippen LogP contribution in [0.3, 0.4) is 0 Å². The largest absolute Gasteiger partial charge is 0.375 e. The highest BCUT2D eigenvalue weighted by atomic mass is 32.1. The first-order chi connectivity index (χ1) is 8.99.